The first kappa shape index (κ1) is 13.2. The summed E-state index contributed by atoms with van der Waals surface area (Å²) < 4.78 is 1.01. The third kappa shape index (κ3) is 2.43. The Morgan fingerprint density at radius 1 is 1.15 bits per heavy atom. The zero-order chi connectivity index (χ0) is 14.1. The second-order valence-corrected chi connectivity index (χ2v) is 5.93. The van der Waals surface area contributed by atoms with E-state index in [-0.39, 0.29) is 5.84 Å². The molecule has 0 aromatic heterocycles. The maximum Gasteiger partial charge on any atom is 0.124 e. The Hall–Kier alpha value is -1.81. The molecule has 20 heavy (non-hydrogen) atoms. The molecule has 3 nitrogen and oxygen atoms in total. The highest BCUT2D eigenvalue weighted by molar-refractivity contribution is 9.10. The molecule has 102 valence electrons. The Balaban J connectivity index is 1.99. The Bertz CT molecular complexity index is 667. The summed E-state index contributed by atoms with van der Waals surface area (Å²) in [6, 6.07) is 14.4. The third-order valence-corrected chi connectivity index (χ3v) is 4.21. The first-order valence-electron chi connectivity index (χ1n) is 6.61. The Labute approximate surface area is 127 Å². The molecule has 1 aliphatic heterocycles. The van der Waals surface area contributed by atoms with E-state index < -0.39 is 0 Å². The second kappa shape index (κ2) is 5.29. The van der Waals surface area contributed by atoms with Crippen molar-refractivity contribution in [2.24, 2.45) is 5.73 Å². The van der Waals surface area contributed by atoms with Gasteiger partial charge >= 0.3 is 0 Å². The molecule has 2 aromatic rings. The second-order valence-electron chi connectivity index (χ2n) is 5.02. The summed E-state index contributed by atoms with van der Waals surface area (Å²) in [7, 11) is 0. The Morgan fingerprint density at radius 2 is 1.90 bits per heavy atom. The first-order valence-corrected chi connectivity index (χ1v) is 7.40. The predicted octanol–water partition coefficient (Wildman–Crippen LogP) is 3.30. The monoisotopic (exact) mass is 329 g/mol. The van der Waals surface area contributed by atoms with Crippen LogP contribution in [-0.2, 0) is 13.0 Å². The number of amidine groups is 1. The van der Waals surface area contributed by atoms with Gasteiger partial charge in [0.05, 0.1) is 0 Å². The van der Waals surface area contributed by atoms with Gasteiger partial charge in [-0.05, 0) is 35.7 Å². The van der Waals surface area contributed by atoms with Crippen molar-refractivity contribution in [3.63, 3.8) is 0 Å². The van der Waals surface area contributed by atoms with Crippen molar-refractivity contribution < 1.29 is 0 Å². The van der Waals surface area contributed by atoms with E-state index in [0.29, 0.717) is 0 Å². The van der Waals surface area contributed by atoms with Crippen LogP contribution in [0.25, 0.3) is 0 Å². The molecule has 0 saturated carbocycles. The van der Waals surface area contributed by atoms with Gasteiger partial charge in [-0.1, -0.05) is 40.2 Å². The predicted molar refractivity (Wildman–Crippen MR) is 86.4 cm³/mol. The molecule has 3 rings (SSSR count). The van der Waals surface area contributed by atoms with E-state index in [4.69, 9.17) is 11.1 Å². The smallest absolute Gasteiger partial charge is 0.124 e. The molecule has 2 aromatic carbocycles. The standard InChI is InChI=1S/C16H16BrN3/c17-13-5-6-14(16(18)19)15(9-13)20-8-7-11-3-1-2-4-12(11)10-20/h1-6,9H,7-8,10H2,(H3,18,19). The van der Waals surface area contributed by atoms with E-state index >= 15 is 0 Å². The molecule has 0 fully saturated rings. The van der Waals surface area contributed by atoms with Gasteiger partial charge in [0, 0.05) is 28.8 Å². The maximum absolute atomic E-state index is 7.75. The van der Waals surface area contributed by atoms with Crippen molar-refractivity contribution in [3.8, 4) is 0 Å². The van der Waals surface area contributed by atoms with Crippen LogP contribution in [0.2, 0.25) is 0 Å². The molecule has 0 amide bonds. The molecule has 1 aliphatic rings. The zero-order valence-corrected chi connectivity index (χ0v) is 12.7. The highest BCUT2D eigenvalue weighted by Crippen LogP contribution is 2.29. The number of halogens is 1. The number of nitrogens with two attached hydrogens (primary N) is 1. The van der Waals surface area contributed by atoms with Gasteiger partial charge in [-0.25, -0.2) is 0 Å². The van der Waals surface area contributed by atoms with E-state index in [9.17, 15) is 0 Å². The van der Waals surface area contributed by atoms with Gasteiger partial charge in [0.2, 0.25) is 0 Å². The molecule has 0 aliphatic carbocycles. The number of nitrogens with one attached hydrogen (secondary N) is 1. The molecular formula is C16H16BrN3. The molecule has 4 heteroatoms. The van der Waals surface area contributed by atoms with Crippen molar-refractivity contribution in [2.45, 2.75) is 13.0 Å². The third-order valence-electron chi connectivity index (χ3n) is 3.72. The van der Waals surface area contributed by atoms with E-state index in [2.05, 4.69) is 45.1 Å². The summed E-state index contributed by atoms with van der Waals surface area (Å²) in [5.74, 6) is 0.117. The molecule has 0 unspecified atom stereocenters. The Kier molecular flexibility index (Phi) is 3.49. The summed E-state index contributed by atoms with van der Waals surface area (Å²) in [6.07, 6.45) is 1.03. The van der Waals surface area contributed by atoms with Gasteiger partial charge in [0.1, 0.15) is 5.84 Å². The first-order chi connectivity index (χ1) is 9.65. The molecule has 0 saturated heterocycles. The van der Waals surface area contributed by atoms with Gasteiger partial charge in [-0.2, -0.15) is 0 Å². The number of benzene rings is 2. The highest BCUT2D eigenvalue weighted by atomic mass is 79.9. The number of rotatable bonds is 2. The number of nitrogens with zero attached hydrogens (tertiary/aromatic N) is 1. The number of nitrogen functional groups attached to an aromatic ring is 1. The average Bonchev–Trinajstić information content (AvgIpc) is 2.46. The summed E-state index contributed by atoms with van der Waals surface area (Å²) in [6.45, 7) is 1.82. The fraction of sp³-hybridized carbons (Fsp3) is 0.188. The van der Waals surface area contributed by atoms with Crippen LogP contribution in [-0.4, -0.2) is 12.4 Å². The topological polar surface area (TPSA) is 53.1 Å². The van der Waals surface area contributed by atoms with Crippen molar-refractivity contribution in [1.29, 1.82) is 5.41 Å². The molecule has 0 radical (unpaired) electrons. The minimum absolute atomic E-state index is 0.117. The van der Waals surface area contributed by atoms with Gasteiger partial charge in [-0.15, -0.1) is 0 Å². The van der Waals surface area contributed by atoms with Gasteiger partial charge in [0.25, 0.3) is 0 Å². The number of fused-ring (bicyclic) bond motifs is 1. The summed E-state index contributed by atoms with van der Waals surface area (Å²) in [5, 5.41) is 7.75. The lowest BCUT2D eigenvalue weighted by atomic mass is 9.98. The van der Waals surface area contributed by atoms with Crippen LogP contribution in [0.3, 0.4) is 0 Å². The molecule has 1 heterocycles. The molecule has 0 atom stereocenters. The summed E-state index contributed by atoms with van der Waals surface area (Å²) in [5.41, 5.74) is 10.3. The van der Waals surface area contributed by atoms with E-state index in [0.717, 1.165) is 35.2 Å². The minimum Gasteiger partial charge on any atom is -0.384 e. The molecule has 0 spiro atoms. The van der Waals surface area contributed by atoms with Crippen LogP contribution >= 0.6 is 15.9 Å². The quantitative estimate of drug-likeness (QED) is 0.656. The number of hydrogen-bond donors (Lipinski definition) is 2. The highest BCUT2D eigenvalue weighted by Gasteiger charge is 2.19. The van der Waals surface area contributed by atoms with Crippen LogP contribution in [0.1, 0.15) is 16.7 Å². The van der Waals surface area contributed by atoms with Crippen LogP contribution in [0.5, 0.6) is 0 Å². The van der Waals surface area contributed by atoms with Gasteiger partial charge in [-0.3, -0.25) is 5.41 Å². The van der Waals surface area contributed by atoms with E-state index in [1.807, 2.05) is 18.2 Å². The SMILES string of the molecule is N=C(N)c1ccc(Br)cc1N1CCc2ccccc2C1. The number of hydrogen-bond acceptors (Lipinski definition) is 2. The van der Waals surface area contributed by atoms with Crippen molar-refractivity contribution in [1.82, 2.24) is 0 Å². The van der Waals surface area contributed by atoms with Crippen LogP contribution in [0.4, 0.5) is 5.69 Å². The van der Waals surface area contributed by atoms with Gasteiger partial charge < -0.3 is 10.6 Å². The largest absolute Gasteiger partial charge is 0.384 e. The maximum atomic E-state index is 7.75. The molecular weight excluding hydrogens is 314 g/mol. The molecule has 0 bridgehead atoms. The zero-order valence-electron chi connectivity index (χ0n) is 11.1. The van der Waals surface area contributed by atoms with Crippen molar-refractivity contribution in [3.05, 3.63) is 63.6 Å². The fourth-order valence-electron chi connectivity index (χ4n) is 2.70. The fourth-order valence-corrected chi connectivity index (χ4v) is 3.04. The van der Waals surface area contributed by atoms with E-state index in [1.54, 1.807) is 0 Å². The van der Waals surface area contributed by atoms with Gasteiger partial charge in [0.15, 0.2) is 0 Å². The lowest BCUT2D eigenvalue weighted by molar-refractivity contribution is 0.731. The molecule has 3 N–H and O–H groups in total. The van der Waals surface area contributed by atoms with Crippen molar-refractivity contribution in [2.75, 3.05) is 11.4 Å². The minimum atomic E-state index is 0.117. The Morgan fingerprint density at radius 3 is 2.65 bits per heavy atom. The summed E-state index contributed by atoms with van der Waals surface area (Å²) in [4.78, 5) is 2.30. The van der Waals surface area contributed by atoms with E-state index in [1.165, 1.54) is 11.1 Å². The van der Waals surface area contributed by atoms with Crippen LogP contribution < -0.4 is 10.6 Å². The van der Waals surface area contributed by atoms with Crippen molar-refractivity contribution >= 4 is 27.5 Å². The average molecular weight is 330 g/mol. The lowest BCUT2D eigenvalue weighted by Gasteiger charge is -2.32. The number of anilines is 1. The van der Waals surface area contributed by atoms with Crippen LogP contribution in [0.15, 0.2) is 46.9 Å². The lowest BCUT2D eigenvalue weighted by Crippen LogP contribution is -2.32. The normalized spacial score (nSPS) is 13.9. The summed E-state index contributed by atoms with van der Waals surface area (Å²) >= 11 is 3.51. The van der Waals surface area contributed by atoms with Crippen LogP contribution in [0, 0.1) is 5.41 Å².